The second kappa shape index (κ2) is 7.94. The van der Waals surface area contributed by atoms with Crippen molar-refractivity contribution in [2.45, 2.75) is 37.0 Å². The van der Waals surface area contributed by atoms with Crippen LogP contribution in [0.5, 0.6) is 0 Å². The van der Waals surface area contributed by atoms with Gasteiger partial charge < -0.3 is 31.5 Å². The Morgan fingerprint density at radius 2 is 2.22 bits per heavy atom. The predicted molar refractivity (Wildman–Crippen MR) is 98.9 cm³/mol. The van der Waals surface area contributed by atoms with Gasteiger partial charge in [0.15, 0.2) is 17.7 Å². The van der Waals surface area contributed by atoms with Crippen LogP contribution in [0.4, 0.5) is 5.82 Å². The molecular weight excluding hydrogens is 376 g/mol. The maximum atomic E-state index is 10.9. The van der Waals surface area contributed by atoms with E-state index in [1.807, 2.05) is 0 Å². The van der Waals surface area contributed by atoms with Gasteiger partial charge >= 0.3 is 5.97 Å². The summed E-state index contributed by atoms with van der Waals surface area (Å²) in [6, 6.07) is -1.18. The molecule has 12 heteroatoms. The molecule has 0 aliphatic carbocycles. The molecule has 0 aromatic carbocycles. The lowest BCUT2D eigenvalue weighted by atomic mass is 10.1. The Labute approximate surface area is 161 Å². The molecule has 3 heterocycles. The number of nitrogen functional groups attached to an aromatic ring is 1. The van der Waals surface area contributed by atoms with E-state index in [-0.39, 0.29) is 23.7 Å². The van der Waals surface area contributed by atoms with Crippen LogP contribution < -0.4 is 11.5 Å². The van der Waals surface area contributed by atoms with Crippen LogP contribution in [0.2, 0.25) is 0 Å². The smallest absolute Gasteiger partial charge is 0.320 e. The molecule has 6 atom stereocenters. The molecular formula is C15H23N6O5S+. The van der Waals surface area contributed by atoms with Crippen molar-refractivity contribution in [3.63, 3.8) is 0 Å². The number of aliphatic hydroxyl groups excluding tert-OH is 2. The molecule has 1 saturated heterocycles. The number of aliphatic carboxylic acids is 1. The first-order valence-corrected chi connectivity index (χ1v) is 9.67. The minimum absolute atomic E-state index is 0.0229. The minimum Gasteiger partial charge on any atom is -0.480 e. The molecule has 0 amide bonds. The Morgan fingerprint density at radius 1 is 1.44 bits per heavy atom. The van der Waals surface area contributed by atoms with Crippen LogP contribution in [0, 0.1) is 0 Å². The van der Waals surface area contributed by atoms with Crippen molar-refractivity contribution in [1.82, 2.24) is 19.5 Å². The molecule has 1 fully saturated rings. The number of carboxylic acids is 1. The van der Waals surface area contributed by atoms with Crippen molar-refractivity contribution >= 4 is 33.8 Å². The van der Waals surface area contributed by atoms with Gasteiger partial charge in [-0.1, -0.05) is 0 Å². The van der Waals surface area contributed by atoms with Gasteiger partial charge in [-0.3, -0.25) is 9.36 Å². The number of hydrogen-bond donors (Lipinski definition) is 5. The third-order valence-corrected chi connectivity index (χ3v) is 5.82. The summed E-state index contributed by atoms with van der Waals surface area (Å²) in [6.45, 7) is 0. The maximum Gasteiger partial charge on any atom is 0.320 e. The van der Waals surface area contributed by atoms with Gasteiger partial charge in [0, 0.05) is 6.42 Å². The highest BCUT2D eigenvalue weighted by Gasteiger charge is 2.46. The first kappa shape index (κ1) is 16.0. The van der Waals surface area contributed by atoms with E-state index in [2.05, 4.69) is 15.0 Å². The molecule has 0 saturated carbocycles. The molecule has 11 nitrogen and oxygen atoms in total. The Morgan fingerprint density at radius 3 is 2.93 bits per heavy atom. The zero-order valence-electron chi connectivity index (χ0n) is 17.2. The lowest BCUT2D eigenvalue weighted by molar-refractivity contribution is -0.138. The SMILES string of the molecule is [2H]C([2H])([2H])[S+](CC[C@@H](N)C(=O)O)CC1OC(n2cnc3c(N)ncnc32)C(O)C1O. The molecule has 0 spiro atoms. The molecule has 0 radical (unpaired) electrons. The first-order valence-electron chi connectivity index (χ1n) is 9.61. The van der Waals surface area contributed by atoms with E-state index in [1.165, 1.54) is 17.2 Å². The fourth-order valence-electron chi connectivity index (χ4n) is 2.83. The van der Waals surface area contributed by atoms with Gasteiger partial charge in [0.25, 0.3) is 0 Å². The van der Waals surface area contributed by atoms with Crippen molar-refractivity contribution in [1.29, 1.82) is 0 Å². The summed E-state index contributed by atoms with van der Waals surface area (Å²) in [7, 11) is -1.31. The number of aliphatic hydroxyl groups is 2. The highest BCUT2D eigenvalue weighted by Crippen LogP contribution is 2.32. The Bertz CT molecular complexity index is 915. The van der Waals surface area contributed by atoms with E-state index in [4.69, 9.17) is 25.4 Å². The summed E-state index contributed by atoms with van der Waals surface area (Å²) in [6.07, 6.45) is -4.65. The van der Waals surface area contributed by atoms with E-state index in [0.29, 0.717) is 11.2 Å². The molecule has 3 rings (SSSR count). The maximum absolute atomic E-state index is 10.9. The largest absolute Gasteiger partial charge is 0.480 e. The molecule has 7 N–H and O–H groups in total. The topological polar surface area (TPSA) is 183 Å². The average Bonchev–Trinajstić information content (AvgIpc) is 3.21. The lowest BCUT2D eigenvalue weighted by Crippen LogP contribution is -2.37. The van der Waals surface area contributed by atoms with Gasteiger partial charge in [-0.2, -0.15) is 0 Å². The first-order chi connectivity index (χ1) is 14.0. The van der Waals surface area contributed by atoms with Crippen molar-refractivity contribution < 1.29 is 29.0 Å². The van der Waals surface area contributed by atoms with Crippen LogP contribution in [-0.2, 0) is 20.4 Å². The number of nitrogens with two attached hydrogens (primary N) is 2. The number of fused-ring (bicyclic) bond motifs is 1. The van der Waals surface area contributed by atoms with Crippen LogP contribution in [-0.4, -0.2) is 82.9 Å². The highest BCUT2D eigenvalue weighted by molar-refractivity contribution is 7.96. The number of carbonyl (C=O) groups is 1. The van der Waals surface area contributed by atoms with Gasteiger partial charge in [0.05, 0.1) is 16.6 Å². The molecule has 148 valence electrons. The highest BCUT2D eigenvalue weighted by atomic mass is 32.2. The number of carboxylic acid groups (broad SMARTS) is 1. The van der Waals surface area contributed by atoms with Gasteiger partial charge in [-0.25, -0.2) is 15.0 Å². The molecule has 5 unspecified atom stereocenters. The van der Waals surface area contributed by atoms with Gasteiger partial charge in [0.1, 0.15) is 47.7 Å². The quantitative estimate of drug-likeness (QED) is 0.327. The molecule has 1 aliphatic rings. The van der Waals surface area contributed by atoms with Crippen molar-refractivity contribution in [2.75, 3.05) is 23.4 Å². The summed E-state index contributed by atoms with van der Waals surface area (Å²) in [5, 5.41) is 29.9. The van der Waals surface area contributed by atoms with Crippen LogP contribution >= 0.6 is 0 Å². The number of nitrogens with zero attached hydrogens (tertiary/aromatic N) is 4. The second-order valence-corrected chi connectivity index (χ2v) is 7.95. The normalized spacial score (nSPS) is 29.8. The fraction of sp³-hybridized carbons (Fsp3) is 0.600. The average molecular weight is 402 g/mol. The summed E-state index contributed by atoms with van der Waals surface area (Å²) in [5.41, 5.74) is 11.8. The van der Waals surface area contributed by atoms with Crippen molar-refractivity contribution in [3.05, 3.63) is 12.7 Å². The third-order valence-electron chi connectivity index (χ3n) is 4.36. The Kier molecular flexibility index (Phi) is 4.71. The van der Waals surface area contributed by atoms with Gasteiger partial charge in [-0.15, -0.1) is 0 Å². The molecule has 1 aliphatic heterocycles. The third kappa shape index (κ3) is 3.99. The van der Waals surface area contributed by atoms with E-state index in [0.717, 1.165) is 0 Å². The minimum atomic E-state index is -2.40. The monoisotopic (exact) mass is 402 g/mol. The van der Waals surface area contributed by atoms with Crippen molar-refractivity contribution in [2.24, 2.45) is 5.73 Å². The Hall–Kier alpha value is -1.99. The molecule has 2 aromatic rings. The summed E-state index contributed by atoms with van der Waals surface area (Å²) in [4.78, 5) is 22.9. The zero-order chi connectivity index (χ0) is 22.2. The summed E-state index contributed by atoms with van der Waals surface area (Å²) in [5.74, 6) is -1.15. The molecule has 0 bridgehead atoms. The number of rotatable bonds is 7. The number of anilines is 1. The van der Waals surface area contributed by atoms with Crippen molar-refractivity contribution in [3.8, 4) is 0 Å². The van der Waals surface area contributed by atoms with Crippen LogP contribution in [0.3, 0.4) is 0 Å². The molecule has 2 aromatic heterocycles. The van der Waals surface area contributed by atoms with Crippen LogP contribution in [0.1, 0.15) is 16.8 Å². The lowest BCUT2D eigenvalue weighted by Gasteiger charge is -2.16. The van der Waals surface area contributed by atoms with E-state index < -0.39 is 53.6 Å². The number of aromatic nitrogens is 4. The number of hydrogen-bond acceptors (Lipinski definition) is 9. The predicted octanol–water partition coefficient (Wildman–Crippen LogP) is -1.92. The summed E-state index contributed by atoms with van der Waals surface area (Å²) >= 11 is 0. The number of ether oxygens (including phenoxy) is 1. The van der Waals surface area contributed by atoms with Crippen LogP contribution in [0.25, 0.3) is 11.2 Å². The van der Waals surface area contributed by atoms with E-state index in [1.54, 1.807) is 0 Å². The van der Waals surface area contributed by atoms with Gasteiger partial charge in [0.2, 0.25) is 0 Å². The van der Waals surface area contributed by atoms with Gasteiger partial charge in [-0.05, 0) is 10.9 Å². The fourth-order valence-corrected chi connectivity index (χ4v) is 4.20. The second-order valence-electron chi connectivity index (χ2n) is 6.23. The summed E-state index contributed by atoms with van der Waals surface area (Å²) < 4.78 is 30.4. The van der Waals surface area contributed by atoms with E-state index >= 15 is 0 Å². The number of imidazole rings is 1. The Balaban J connectivity index is 1.77. The standard InChI is InChI=1S/C15H22N6O5S/c1-27(3-2-7(16)15(24)25)4-8-10(22)11(23)14(26-8)21-6-20-9-12(17)18-5-19-13(9)21/h5-8,10-11,14,22-23H,2-4,16H2,1H3,(H2-,17,18,19,24,25)/p+1/t7-,8?,10?,11?,14?,27?/m1/s1/i1D3. The zero-order valence-corrected chi connectivity index (χ0v) is 15.0. The van der Waals surface area contributed by atoms with E-state index in [9.17, 15) is 15.0 Å². The van der Waals surface area contributed by atoms with Crippen LogP contribution in [0.15, 0.2) is 12.7 Å². The molecule has 27 heavy (non-hydrogen) atoms.